The third-order valence-electron chi connectivity index (χ3n) is 3.10. The Morgan fingerprint density at radius 3 is 2.89 bits per heavy atom. The number of nitrogens with one attached hydrogen (secondary N) is 2. The normalized spacial score (nSPS) is 17.4. The fraction of sp³-hybridized carbons (Fsp3) is 0.500. The molecule has 1 aliphatic carbocycles. The monoisotopic (exact) mass is 253 g/mol. The Morgan fingerprint density at radius 2 is 2.22 bits per heavy atom. The molecule has 18 heavy (non-hydrogen) atoms. The highest BCUT2D eigenvalue weighted by Crippen LogP contribution is 2.32. The lowest BCUT2D eigenvalue weighted by atomic mass is 9.98. The van der Waals surface area contributed by atoms with Crippen molar-refractivity contribution in [1.82, 2.24) is 10.4 Å². The van der Waals surface area contributed by atoms with Crippen LogP contribution in [0.4, 0.5) is 10.1 Å². The molecule has 0 atom stereocenters. The fourth-order valence-electron chi connectivity index (χ4n) is 2.18. The summed E-state index contributed by atoms with van der Waals surface area (Å²) >= 11 is 0. The molecule has 1 fully saturated rings. The summed E-state index contributed by atoms with van der Waals surface area (Å²) in [4.78, 5) is 15.0. The number of carbonyl (C=O) groups excluding carboxylic acids is 1. The number of aromatic nitrogens is 1. The van der Waals surface area contributed by atoms with Gasteiger partial charge in [-0.25, -0.2) is 4.98 Å². The van der Waals surface area contributed by atoms with Gasteiger partial charge in [-0.1, -0.05) is 12.8 Å². The number of amides is 1. The molecule has 1 saturated carbocycles. The highest BCUT2D eigenvalue weighted by molar-refractivity contribution is 5.78. The summed E-state index contributed by atoms with van der Waals surface area (Å²) in [6.07, 6.45) is 4.58. The van der Waals surface area contributed by atoms with E-state index in [-0.39, 0.29) is 12.3 Å². The molecule has 2 rings (SSSR count). The summed E-state index contributed by atoms with van der Waals surface area (Å²) in [7, 11) is 0. The Labute approximate surface area is 104 Å². The van der Waals surface area contributed by atoms with E-state index in [1.165, 1.54) is 18.3 Å². The van der Waals surface area contributed by atoms with E-state index in [2.05, 4.69) is 15.8 Å². The second kappa shape index (κ2) is 5.30. The van der Waals surface area contributed by atoms with Crippen LogP contribution in [0.1, 0.15) is 32.1 Å². The molecule has 1 aromatic heterocycles. The molecule has 0 spiro atoms. The van der Waals surface area contributed by atoms with Crippen molar-refractivity contribution >= 4 is 11.6 Å². The van der Waals surface area contributed by atoms with E-state index >= 15 is 0 Å². The quantitative estimate of drug-likeness (QED) is 0.559. The van der Waals surface area contributed by atoms with Gasteiger partial charge in [0.05, 0.1) is 17.7 Å². The van der Waals surface area contributed by atoms with E-state index in [0.29, 0.717) is 18.5 Å². The standard InChI is InChI=1S/C12H16FN3O2/c13-10-7-9(3-6-14-10)15-16-11(17)8-12(18)4-1-2-5-12/h3,6-7,18H,1-2,4-5,8H2,(H,14,15)(H,16,17). The lowest BCUT2D eigenvalue weighted by Gasteiger charge is -2.21. The third-order valence-corrected chi connectivity index (χ3v) is 3.10. The van der Waals surface area contributed by atoms with Crippen molar-refractivity contribution in [2.75, 3.05) is 5.43 Å². The van der Waals surface area contributed by atoms with E-state index in [1.54, 1.807) is 0 Å². The summed E-state index contributed by atoms with van der Waals surface area (Å²) < 4.78 is 12.8. The summed E-state index contributed by atoms with van der Waals surface area (Å²) in [6.45, 7) is 0. The molecule has 3 N–H and O–H groups in total. The number of hydrogen-bond acceptors (Lipinski definition) is 4. The minimum atomic E-state index is -0.880. The van der Waals surface area contributed by atoms with Crippen LogP contribution < -0.4 is 10.9 Å². The zero-order chi connectivity index (χ0) is 13.0. The van der Waals surface area contributed by atoms with Gasteiger partial charge in [0.15, 0.2) is 0 Å². The lowest BCUT2D eigenvalue weighted by Crippen LogP contribution is -2.37. The van der Waals surface area contributed by atoms with Crippen LogP contribution in [0, 0.1) is 5.95 Å². The van der Waals surface area contributed by atoms with Crippen molar-refractivity contribution in [3.05, 3.63) is 24.3 Å². The van der Waals surface area contributed by atoms with Crippen molar-refractivity contribution < 1.29 is 14.3 Å². The molecule has 1 heterocycles. The minimum Gasteiger partial charge on any atom is -0.389 e. The van der Waals surface area contributed by atoms with Gasteiger partial charge in [-0.3, -0.25) is 15.6 Å². The lowest BCUT2D eigenvalue weighted by molar-refractivity contribution is -0.125. The van der Waals surface area contributed by atoms with Crippen LogP contribution >= 0.6 is 0 Å². The maximum Gasteiger partial charge on any atom is 0.241 e. The molecule has 0 aliphatic heterocycles. The van der Waals surface area contributed by atoms with E-state index in [9.17, 15) is 14.3 Å². The SMILES string of the molecule is O=C(CC1(O)CCCC1)NNc1ccnc(F)c1. The largest absolute Gasteiger partial charge is 0.389 e. The highest BCUT2D eigenvalue weighted by Gasteiger charge is 2.33. The Balaban J connectivity index is 1.81. The Bertz CT molecular complexity index is 433. The Kier molecular flexibility index (Phi) is 3.76. The highest BCUT2D eigenvalue weighted by atomic mass is 19.1. The number of nitrogens with zero attached hydrogens (tertiary/aromatic N) is 1. The van der Waals surface area contributed by atoms with Gasteiger partial charge in [0, 0.05) is 12.3 Å². The third kappa shape index (κ3) is 3.40. The van der Waals surface area contributed by atoms with Crippen molar-refractivity contribution in [2.45, 2.75) is 37.7 Å². The summed E-state index contributed by atoms with van der Waals surface area (Å²) in [5.74, 6) is -0.930. The summed E-state index contributed by atoms with van der Waals surface area (Å²) in [6, 6.07) is 2.71. The van der Waals surface area contributed by atoms with Crippen LogP contribution in [0.5, 0.6) is 0 Å². The van der Waals surface area contributed by atoms with Crippen molar-refractivity contribution in [3.8, 4) is 0 Å². The van der Waals surface area contributed by atoms with E-state index in [1.807, 2.05) is 0 Å². The maximum absolute atomic E-state index is 12.8. The molecule has 0 radical (unpaired) electrons. The van der Waals surface area contributed by atoms with Crippen molar-refractivity contribution in [2.24, 2.45) is 0 Å². The second-order valence-electron chi connectivity index (χ2n) is 4.65. The van der Waals surface area contributed by atoms with Crippen LogP contribution in [0.15, 0.2) is 18.3 Å². The molecular weight excluding hydrogens is 237 g/mol. The number of aliphatic hydroxyl groups is 1. The summed E-state index contributed by atoms with van der Waals surface area (Å²) in [5.41, 5.74) is 4.55. The zero-order valence-corrected chi connectivity index (χ0v) is 9.95. The van der Waals surface area contributed by atoms with Crippen LogP contribution in [0.3, 0.4) is 0 Å². The fourth-order valence-corrected chi connectivity index (χ4v) is 2.18. The van der Waals surface area contributed by atoms with Gasteiger partial charge in [-0.05, 0) is 18.9 Å². The first-order chi connectivity index (χ1) is 8.57. The Morgan fingerprint density at radius 1 is 1.50 bits per heavy atom. The predicted octanol–water partition coefficient (Wildman–Crippen LogP) is 1.36. The second-order valence-corrected chi connectivity index (χ2v) is 4.65. The van der Waals surface area contributed by atoms with Gasteiger partial charge in [0.1, 0.15) is 0 Å². The van der Waals surface area contributed by atoms with Gasteiger partial charge >= 0.3 is 0 Å². The number of pyridine rings is 1. The number of carbonyl (C=O) groups is 1. The van der Waals surface area contributed by atoms with Crippen LogP contribution in [0.25, 0.3) is 0 Å². The molecule has 1 amide bonds. The molecule has 1 aromatic rings. The number of hydrogen-bond donors (Lipinski definition) is 3. The number of rotatable bonds is 4. The molecule has 0 unspecified atom stereocenters. The molecule has 0 bridgehead atoms. The van der Waals surface area contributed by atoms with E-state index < -0.39 is 11.5 Å². The molecule has 6 heteroatoms. The van der Waals surface area contributed by atoms with Crippen LogP contribution in [0.2, 0.25) is 0 Å². The first-order valence-corrected chi connectivity index (χ1v) is 5.96. The number of anilines is 1. The van der Waals surface area contributed by atoms with Gasteiger partial charge in [0.2, 0.25) is 11.9 Å². The van der Waals surface area contributed by atoms with Crippen LogP contribution in [-0.4, -0.2) is 21.6 Å². The van der Waals surface area contributed by atoms with E-state index in [0.717, 1.165) is 12.8 Å². The topological polar surface area (TPSA) is 74.2 Å². The number of hydrazine groups is 1. The molecular formula is C12H16FN3O2. The predicted molar refractivity (Wildman–Crippen MR) is 64.0 cm³/mol. The van der Waals surface area contributed by atoms with Gasteiger partial charge in [-0.2, -0.15) is 4.39 Å². The molecule has 0 saturated heterocycles. The Hall–Kier alpha value is -1.69. The molecule has 0 aromatic carbocycles. The van der Waals surface area contributed by atoms with Gasteiger partial charge in [-0.15, -0.1) is 0 Å². The number of halogens is 1. The van der Waals surface area contributed by atoms with Gasteiger partial charge in [0.25, 0.3) is 0 Å². The average Bonchev–Trinajstić information content (AvgIpc) is 2.73. The minimum absolute atomic E-state index is 0.0631. The first-order valence-electron chi connectivity index (χ1n) is 5.96. The average molecular weight is 253 g/mol. The first kappa shape index (κ1) is 12.8. The van der Waals surface area contributed by atoms with Crippen LogP contribution in [-0.2, 0) is 4.79 Å². The zero-order valence-electron chi connectivity index (χ0n) is 9.95. The summed E-state index contributed by atoms with van der Waals surface area (Å²) in [5, 5.41) is 10.0. The smallest absolute Gasteiger partial charge is 0.241 e. The molecule has 1 aliphatic rings. The van der Waals surface area contributed by atoms with Crippen molar-refractivity contribution in [1.29, 1.82) is 0 Å². The van der Waals surface area contributed by atoms with Crippen molar-refractivity contribution in [3.63, 3.8) is 0 Å². The molecule has 98 valence electrons. The maximum atomic E-state index is 12.8. The van der Waals surface area contributed by atoms with E-state index in [4.69, 9.17) is 0 Å². The van der Waals surface area contributed by atoms with Gasteiger partial charge < -0.3 is 5.11 Å². The molecule has 5 nitrogen and oxygen atoms in total.